The van der Waals surface area contributed by atoms with E-state index in [0.717, 1.165) is 123 Å². The summed E-state index contributed by atoms with van der Waals surface area (Å²) in [6.07, 6.45) is 0. The maximum Gasteiger partial charge on any atom is 0.0998 e. The number of nitriles is 2. The molecule has 0 saturated heterocycles. The minimum absolute atomic E-state index is 0.518. The molecule has 0 atom stereocenters. The van der Waals surface area contributed by atoms with Crippen LogP contribution in [-0.2, 0) is 0 Å². The van der Waals surface area contributed by atoms with Gasteiger partial charge in [-0.15, -0.1) is 0 Å². The molecule has 0 spiro atoms. The summed E-state index contributed by atoms with van der Waals surface area (Å²) in [7, 11) is 0. The highest BCUT2D eigenvalue weighted by atomic mass is 14.7. The lowest BCUT2D eigenvalue weighted by Crippen LogP contribution is -1.92. The molecule has 2 heterocycles. The highest BCUT2D eigenvalue weighted by molar-refractivity contribution is 5.85. The molecule has 0 aliphatic rings. The van der Waals surface area contributed by atoms with E-state index in [1.165, 1.54) is 0 Å². The number of hydrogen-bond acceptors (Lipinski definition) is 4. The molecule has 12 aromatic rings. The molecule has 12 rings (SSSR count). The van der Waals surface area contributed by atoms with E-state index < -0.39 is 0 Å². The monoisotopic (exact) mass is 966 g/mol. The molecule has 0 aliphatic carbocycles. The standard InChI is InChI=1S/C72H46N4/c73-47-49-34-35-65(48-74)68(36-49)61-30-12-26-57(39-61)53-22-10-23-54(37-53)59-28-14-32-63(41-59)71-45-67(51-18-6-2-7-19-51)46-72(76-71)64-33-15-29-60(42-64)56-25-11-24-55(38-56)58-27-13-31-62(40-58)70-44-66(50-16-4-1-5-17-50)43-69(75-70)52-20-8-3-9-21-52/h1-46H. The highest BCUT2D eigenvalue weighted by Gasteiger charge is 2.15. The minimum Gasteiger partial charge on any atom is -0.248 e. The molecule has 354 valence electrons. The third-order valence-corrected chi connectivity index (χ3v) is 13.9. The van der Waals surface area contributed by atoms with Crippen molar-refractivity contribution in [3.8, 4) is 135 Å². The van der Waals surface area contributed by atoms with Gasteiger partial charge in [0.1, 0.15) is 0 Å². The van der Waals surface area contributed by atoms with Crippen LogP contribution < -0.4 is 0 Å². The topological polar surface area (TPSA) is 73.4 Å². The number of rotatable bonds is 11. The van der Waals surface area contributed by atoms with Crippen molar-refractivity contribution in [3.05, 3.63) is 290 Å². The second kappa shape index (κ2) is 20.9. The van der Waals surface area contributed by atoms with E-state index in [2.05, 4.69) is 249 Å². The van der Waals surface area contributed by atoms with Gasteiger partial charge in [-0.3, -0.25) is 0 Å². The molecule has 2 aromatic heterocycles. The summed E-state index contributed by atoms with van der Waals surface area (Å²) in [5, 5.41) is 19.5. The SMILES string of the molecule is N#Cc1ccc(C#N)c(-c2cccc(-c3cccc(-c4cccc(-c5cc(-c6ccccc6)cc(-c6cccc(-c7cccc(-c8cccc(-c9cc(-c%10ccccc%10)cc(-c%10ccccc%10)n9)c8)c7)c6)n5)c4)c3)c2)c1. The Labute approximate surface area is 443 Å². The van der Waals surface area contributed by atoms with Gasteiger partial charge in [-0.25, -0.2) is 9.97 Å². The van der Waals surface area contributed by atoms with Crippen molar-refractivity contribution in [2.24, 2.45) is 0 Å². The smallest absolute Gasteiger partial charge is 0.0998 e. The largest absolute Gasteiger partial charge is 0.248 e. The highest BCUT2D eigenvalue weighted by Crippen LogP contribution is 2.38. The van der Waals surface area contributed by atoms with Gasteiger partial charge in [0.2, 0.25) is 0 Å². The fourth-order valence-corrected chi connectivity index (χ4v) is 10.0. The molecule has 10 aromatic carbocycles. The third-order valence-electron chi connectivity index (χ3n) is 13.9. The van der Waals surface area contributed by atoms with Crippen LogP contribution in [0.2, 0.25) is 0 Å². The molecule has 0 radical (unpaired) electrons. The Morgan fingerprint density at radius 1 is 0.211 bits per heavy atom. The van der Waals surface area contributed by atoms with Crippen LogP contribution in [-0.4, -0.2) is 9.97 Å². The van der Waals surface area contributed by atoms with Crippen LogP contribution >= 0.6 is 0 Å². The molecule has 0 fully saturated rings. The van der Waals surface area contributed by atoms with Crippen LogP contribution in [0.1, 0.15) is 11.1 Å². The molecule has 0 amide bonds. The van der Waals surface area contributed by atoms with E-state index >= 15 is 0 Å². The fourth-order valence-electron chi connectivity index (χ4n) is 10.0. The molecule has 4 nitrogen and oxygen atoms in total. The number of hydrogen-bond donors (Lipinski definition) is 0. The van der Waals surface area contributed by atoms with Crippen LogP contribution in [0.15, 0.2) is 279 Å². The summed E-state index contributed by atoms with van der Waals surface area (Å²) in [5.41, 5.74) is 23.6. The van der Waals surface area contributed by atoms with E-state index in [-0.39, 0.29) is 0 Å². The summed E-state index contributed by atoms with van der Waals surface area (Å²) < 4.78 is 0. The van der Waals surface area contributed by atoms with Crippen LogP contribution in [0, 0.1) is 22.7 Å². The Morgan fingerprint density at radius 2 is 0.500 bits per heavy atom. The van der Waals surface area contributed by atoms with Crippen LogP contribution in [0.5, 0.6) is 0 Å². The van der Waals surface area contributed by atoms with Gasteiger partial charge in [-0.1, -0.05) is 200 Å². The first-order valence-corrected chi connectivity index (χ1v) is 25.3. The molecule has 0 aliphatic heterocycles. The van der Waals surface area contributed by atoms with Crippen molar-refractivity contribution in [1.82, 2.24) is 9.97 Å². The van der Waals surface area contributed by atoms with Gasteiger partial charge in [0.15, 0.2) is 0 Å². The lowest BCUT2D eigenvalue weighted by atomic mass is 9.93. The van der Waals surface area contributed by atoms with Gasteiger partial charge in [0, 0.05) is 27.8 Å². The average Bonchev–Trinajstić information content (AvgIpc) is 3.52. The normalized spacial score (nSPS) is 10.9. The van der Waals surface area contributed by atoms with Gasteiger partial charge in [0.05, 0.1) is 46.0 Å². The fraction of sp³-hybridized carbons (Fsp3) is 0. The quantitative estimate of drug-likeness (QED) is 0.129. The molecule has 0 unspecified atom stereocenters. The van der Waals surface area contributed by atoms with E-state index in [1.807, 2.05) is 24.3 Å². The summed E-state index contributed by atoms with van der Waals surface area (Å²) in [5.74, 6) is 0. The molecule has 0 bridgehead atoms. The summed E-state index contributed by atoms with van der Waals surface area (Å²) >= 11 is 0. The van der Waals surface area contributed by atoms with Crippen molar-refractivity contribution >= 4 is 0 Å². The Bertz CT molecular complexity index is 4130. The van der Waals surface area contributed by atoms with E-state index in [1.54, 1.807) is 18.2 Å². The Hall–Kier alpha value is -10.5. The molecule has 0 N–H and O–H groups in total. The predicted molar refractivity (Wildman–Crippen MR) is 311 cm³/mol. The second-order valence-corrected chi connectivity index (χ2v) is 18.8. The molecular weight excluding hydrogens is 921 g/mol. The maximum absolute atomic E-state index is 9.89. The van der Waals surface area contributed by atoms with Gasteiger partial charge in [-0.2, -0.15) is 10.5 Å². The second-order valence-electron chi connectivity index (χ2n) is 18.8. The van der Waals surface area contributed by atoms with Crippen molar-refractivity contribution in [2.45, 2.75) is 0 Å². The first kappa shape index (κ1) is 46.5. The predicted octanol–water partition coefficient (Wildman–Crippen LogP) is 18.6. The van der Waals surface area contributed by atoms with Gasteiger partial charge < -0.3 is 0 Å². The van der Waals surface area contributed by atoms with Crippen molar-refractivity contribution in [2.75, 3.05) is 0 Å². The summed E-state index contributed by atoms with van der Waals surface area (Å²) in [6.45, 7) is 0. The third kappa shape index (κ3) is 9.87. The lowest BCUT2D eigenvalue weighted by Gasteiger charge is -2.13. The maximum atomic E-state index is 9.89. The van der Waals surface area contributed by atoms with Crippen molar-refractivity contribution in [1.29, 1.82) is 10.5 Å². The number of pyridine rings is 2. The van der Waals surface area contributed by atoms with E-state index in [9.17, 15) is 10.5 Å². The van der Waals surface area contributed by atoms with Gasteiger partial charge >= 0.3 is 0 Å². The molecule has 0 saturated carbocycles. The van der Waals surface area contributed by atoms with Gasteiger partial charge in [-0.05, 0) is 151 Å². The first-order valence-electron chi connectivity index (χ1n) is 25.3. The van der Waals surface area contributed by atoms with Crippen molar-refractivity contribution in [3.63, 3.8) is 0 Å². The number of benzene rings is 10. The Morgan fingerprint density at radius 3 is 0.855 bits per heavy atom. The number of nitrogens with zero attached hydrogens (tertiary/aromatic N) is 4. The van der Waals surface area contributed by atoms with Gasteiger partial charge in [0.25, 0.3) is 0 Å². The zero-order valence-corrected chi connectivity index (χ0v) is 41.3. The molecular formula is C72H46N4. The summed E-state index contributed by atoms with van der Waals surface area (Å²) in [6, 6.07) is 101. The lowest BCUT2D eigenvalue weighted by molar-refractivity contribution is 1.32. The molecule has 76 heavy (non-hydrogen) atoms. The molecule has 4 heteroatoms. The van der Waals surface area contributed by atoms with Crippen molar-refractivity contribution < 1.29 is 0 Å². The zero-order valence-electron chi connectivity index (χ0n) is 41.3. The van der Waals surface area contributed by atoms with E-state index in [0.29, 0.717) is 11.1 Å². The van der Waals surface area contributed by atoms with E-state index in [4.69, 9.17) is 9.97 Å². The minimum atomic E-state index is 0.518. The summed E-state index contributed by atoms with van der Waals surface area (Å²) in [4.78, 5) is 10.6. The zero-order chi connectivity index (χ0) is 51.2. The Balaban J connectivity index is 0.867. The van der Waals surface area contributed by atoms with Crippen LogP contribution in [0.4, 0.5) is 0 Å². The van der Waals surface area contributed by atoms with Crippen LogP contribution in [0.25, 0.3) is 123 Å². The number of aromatic nitrogens is 2. The average molecular weight is 967 g/mol. The first-order chi connectivity index (χ1) is 37.5. The van der Waals surface area contributed by atoms with Crippen LogP contribution in [0.3, 0.4) is 0 Å². The Kier molecular flexibility index (Phi) is 12.8.